The molecule has 0 radical (unpaired) electrons. The SMILES string of the molecule is COC(=O)c1ccccc1NC(=O)COC(=O)c1ccc2nc(-c3ccc(OC)cc3)c(-c3ccc(OC)cc3)nc2c1. The van der Waals surface area contributed by atoms with E-state index in [4.69, 9.17) is 28.9 Å². The summed E-state index contributed by atoms with van der Waals surface area (Å²) in [7, 11) is 4.45. The molecule has 0 saturated carbocycles. The highest BCUT2D eigenvalue weighted by atomic mass is 16.5. The van der Waals surface area contributed by atoms with Gasteiger partial charge in [0.1, 0.15) is 11.5 Å². The number of nitrogens with zero attached hydrogens (tertiary/aromatic N) is 2. The second-order valence-electron chi connectivity index (χ2n) is 9.24. The number of esters is 2. The van der Waals surface area contributed by atoms with Gasteiger partial charge in [-0.1, -0.05) is 12.1 Å². The van der Waals surface area contributed by atoms with Gasteiger partial charge in [-0.05, 0) is 78.9 Å². The number of carbonyl (C=O) groups is 3. The third-order valence-corrected chi connectivity index (χ3v) is 6.57. The average molecular weight is 578 g/mol. The minimum Gasteiger partial charge on any atom is -0.497 e. The Morgan fingerprint density at radius 2 is 1.26 bits per heavy atom. The van der Waals surface area contributed by atoms with Gasteiger partial charge in [0.05, 0.1) is 60.6 Å². The largest absolute Gasteiger partial charge is 0.497 e. The molecule has 5 aromatic rings. The maximum atomic E-state index is 12.9. The van der Waals surface area contributed by atoms with Gasteiger partial charge < -0.3 is 24.3 Å². The van der Waals surface area contributed by atoms with E-state index in [9.17, 15) is 14.4 Å². The van der Waals surface area contributed by atoms with Crippen LogP contribution in [0.1, 0.15) is 20.7 Å². The Morgan fingerprint density at radius 3 is 1.84 bits per heavy atom. The van der Waals surface area contributed by atoms with Gasteiger partial charge in [-0.2, -0.15) is 0 Å². The molecule has 1 heterocycles. The summed E-state index contributed by atoms with van der Waals surface area (Å²) in [5.41, 5.74) is 4.55. The van der Waals surface area contributed by atoms with Crippen molar-refractivity contribution in [3.05, 3.63) is 102 Å². The number of aromatic nitrogens is 2. The highest BCUT2D eigenvalue weighted by Gasteiger charge is 2.18. The molecule has 0 unspecified atom stereocenters. The van der Waals surface area contributed by atoms with Gasteiger partial charge in [-0.3, -0.25) is 4.79 Å². The number of hydrogen-bond donors (Lipinski definition) is 1. The van der Waals surface area contributed by atoms with Gasteiger partial charge >= 0.3 is 11.9 Å². The molecule has 0 bridgehead atoms. The molecular weight excluding hydrogens is 550 g/mol. The van der Waals surface area contributed by atoms with Crippen LogP contribution in [0.15, 0.2) is 91.0 Å². The normalized spacial score (nSPS) is 10.6. The Labute approximate surface area is 247 Å². The van der Waals surface area contributed by atoms with Gasteiger partial charge in [-0.25, -0.2) is 19.6 Å². The van der Waals surface area contributed by atoms with Crippen LogP contribution in [0.3, 0.4) is 0 Å². The maximum Gasteiger partial charge on any atom is 0.339 e. The predicted molar refractivity (Wildman–Crippen MR) is 160 cm³/mol. The second kappa shape index (κ2) is 12.8. The Hall–Kier alpha value is -5.77. The van der Waals surface area contributed by atoms with Crippen LogP contribution in [-0.4, -0.2) is 55.8 Å². The zero-order valence-corrected chi connectivity index (χ0v) is 23.6. The molecule has 216 valence electrons. The van der Waals surface area contributed by atoms with Crippen LogP contribution >= 0.6 is 0 Å². The lowest BCUT2D eigenvalue weighted by Crippen LogP contribution is -2.22. The molecule has 0 fully saturated rings. The first kappa shape index (κ1) is 28.7. The number of fused-ring (bicyclic) bond motifs is 1. The van der Waals surface area contributed by atoms with E-state index >= 15 is 0 Å². The van der Waals surface area contributed by atoms with Gasteiger partial charge in [0.15, 0.2) is 6.61 Å². The second-order valence-corrected chi connectivity index (χ2v) is 9.24. The van der Waals surface area contributed by atoms with Crippen molar-refractivity contribution in [3.8, 4) is 34.0 Å². The Kier molecular flexibility index (Phi) is 8.57. The molecule has 0 aliphatic heterocycles. The summed E-state index contributed by atoms with van der Waals surface area (Å²) in [6.45, 7) is -0.564. The van der Waals surface area contributed by atoms with E-state index in [0.717, 1.165) is 11.1 Å². The summed E-state index contributed by atoms with van der Waals surface area (Å²) in [4.78, 5) is 47.1. The van der Waals surface area contributed by atoms with Gasteiger partial charge in [-0.15, -0.1) is 0 Å². The van der Waals surface area contributed by atoms with Crippen molar-refractivity contribution in [2.75, 3.05) is 33.3 Å². The van der Waals surface area contributed by atoms with E-state index in [1.807, 2.05) is 48.5 Å². The fraction of sp³-hybridized carbons (Fsp3) is 0.121. The number of benzene rings is 4. The lowest BCUT2D eigenvalue weighted by Gasteiger charge is -2.12. The molecular formula is C33H27N3O7. The number of nitrogens with one attached hydrogen (secondary N) is 1. The topological polar surface area (TPSA) is 126 Å². The van der Waals surface area contributed by atoms with Crippen molar-refractivity contribution in [3.63, 3.8) is 0 Å². The van der Waals surface area contributed by atoms with Crippen molar-refractivity contribution in [1.82, 2.24) is 9.97 Å². The van der Waals surface area contributed by atoms with Crippen molar-refractivity contribution in [2.24, 2.45) is 0 Å². The fourth-order valence-electron chi connectivity index (χ4n) is 4.36. The van der Waals surface area contributed by atoms with Gasteiger partial charge in [0, 0.05) is 11.1 Å². The number of methoxy groups -OCH3 is 3. The molecule has 0 saturated heterocycles. The van der Waals surface area contributed by atoms with Crippen LogP contribution in [0.4, 0.5) is 5.69 Å². The molecule has 0 aliphatic rings. The minimum absolute atomic E-state index is 0.180. The Morgan fingerprint density at radius 1 is 0.674 bits per heavy atom. The zero-order chi connectivity index (χ0) is 30.3. The van der Waals surface area contributed by atoms with Crippen LogP contribution in [0.5, 0.6) is 11.5 Å². The smallest absolute Gasteiger partial charge is 0.339 e. The van der Waals surface area contributed by atoms with E-state index < -0.39 is 24.5 Å². The molecule has 0 aliphatic carbocycles. The highest BCUT2D eigenvalue weighted by molar-refractivity contribution is 6.02. The van der Waals surface area contributed by atoms with E-state index in [2.05, 4.69) is 5.32 Å². The van der Waals surface area contributed by atoms with Crippen LogP contribution in [-0.2, 0) is 14.3 Å². The van der Waals surface area contributed by atoms with Crippen molar-refractivity contribution < 1.29 is 33.3 Å². The van der Waals surface area contributed by atoms with E-state index in [1.54, 1.807) is 50.6 Å². The van der Waals surface area contributed by atoms with E-state index in [-0.39, 0.29) is 16.8 Å². The number of rotatable bonds is 9. The zero-order valence-electron chi connectivity index (χ0n) is 23.6. The van der Waals surface area contributed by atoms with E-state index in [0.29, 0.717) is 33.9 Å². The third-order valence-electron chi connectivity index (χ3n) is 6.57. The monoisotopic (exact) mass is 577 g/mol. The number of para-hydroxylation sites is 1. The molecule has 0 atom stereocenters. The maximum absolute atomic E-state index is 12.9. The molecule has 10 heteroatoms. The molecule has 43 heavy (non-hydrogen) atoms. The molecule has 10 nitrogen and oxygen atoms in total. The number of ether oxygens (including phenoxy) is 4. The number of amides is 1. The summed E-state index contributed by atoms with van der Waals surface area (Å²) >= 11 is 0. The molecule has 1 aromatic heterocycles. The highest BCUT2D eigenvalue weighted by Crippen LogP contribution is 2.33. The van der Waals surface area contributed by atoms with Crippen LogP contribution < -0.4 is 14.8 Å². The summed E-state index contributed by atoms with van der Waals surface area (Å²) in [6, 6.07) is 26.1. The van der Waals surface area contributed by atoms with Crippen molar-refractivity contribution >= 4 is 34.6 Å². The average Bonchev–Trinajstić information content (AvgIpc) is 3.06. The molecule has 1 N–H and O–H groups in total. The van der Waals surface area contributed by atoms with Crippen LogP contribution in [0.25, 0.3) is 33.5 Å². The summed E-state index contributed by atoms with van der Waals surface area (Å²) < 4.78 is 20.6. The molecule has 1 amide bonds. The first-order valence-corrected chi connectivity index (χ1v) is 13.1. The first-order valence-electron chi connectivity index (χ1n) is 13.1. The third kappa shape index (κ3) is 6.43. The standard InChI is InChI=1S/C33H27N3O7/c1-40-23-13-8-20(9-14-23)30-31(21-10-15-24(41-2)16-11-21)36-28-18-22(12-17-27(28)35-30)32(38)43-19-29(37)34-26-7-5-4-6-25(26)33(39)42-3/h4-18H,19H2,1-3H3,(H,34,37). The van der Waals surface area contributed by atoms with Crippen molar-refractivity contribution in [2.45, 2.75) is 0 Å². The molecule has 4 aromatic carbocycles. The van der Waals surface area contributed by atoms with Gasteiger partial charge in [0.2, 0.25) is 0 Å². The summed E-state index contributed by atoms with van der Waals surface area (Å²) in [5.74, 6) is -0.518. The predicted octanol–water partition coefficient (Wildman–Crippen LogP) is 5.56. The van der Waals surface area contributed by atoms with Crippen LogP contribution in [0.2, 0.25) is 0 Å². The quantitative estimate of drug-likeness (QED) is 0.224. The number of hydrogen-bond acceptors (Lipinski definition) is 9. The van der Waals surface area contributed by atoms with Crippen LogP contribution in [0, 0.1) is 0 Å². The number of carbonyl (C=O) groups excluding carboxylic acids is 3. The molecule has 5 rings (SSSR count). The number of anilines is 1. The minimum atomic E-state index is -0.717. The first-order chi connectivity index (χ1) is 20.9. The van der Waals surface area contributed by atoms with Gasteiger partial charge in [0.25, 0.3) is 5.91 Å². The Balaban J connectivity index is 1.41. The fourth-order valence-corrected chi connectivity index (χ4v) is 4.36. The lowest BCUT2D eigenvalue weighted by atomic mass is 10.0. The summed E-state index contributed by atoms with van der Waals surface area (Å²) in [6.07, 6.45) is 0. The van der Waals surface area contributed by atoms with E-state index in [1.165, 1.54) is 13.2 Å². The lowest BCUT2D eigenvalue weighted by molar-refractivity contribution is -0.119. The van der Waals surface area contributed by atoms with Crippen molar-refractivity contribution in [1.29, 1.82) is 0 Å². The summed E-state index contributed by atoms with van der Waals surface area (Å²) in [5, 5.41) is 2.57. The molecule has 0 spiro atoms. The Bertz CT molecular complexity index is 1800.